The molecule has 0 saturated heterocycles. The quantitative estimate of drug-likeness (QED) is 0.815. The summed E-state index contributed by atoms with van der Waals surface area (Å²) in [6.45, 7) is 4.55. The van der Waals surface area contributed by atoms with Crippen LogP contribution in [0, 0.1) is 5.92 Å². The molecule has 2 N–H and O–H groups in total. The van der Waals surface area contributed by atoms with Crippen LogP contribution in [0.25, 0.3) is 0 Å². The van der Waals surface area contributed by atoms with Gasteiger partial charge in [-0.1, -0.05) is 19.9 Å². The highest BCUT2D eigenvalue weighted by atomic mass is 79.9. The van der Waals surface area contributed by atoms with Crippen molar-refractivity contribution < 1.29 is 4.79 Å². The zero-order valence-corrected chi connectivity index (χ0v) is 14.4. The van der Waals surface area contributed by atoms with Gasteiger partial charge in [-0.05, 0) is 45.4 Å². The first kappa shape index (κ1) is 16.1. The van der Waals surface area contributed by atoms with Gasteiger partial charge in [0.05, 0.1) is 6.54 Å². The number of carbonyl (C=O) groups is 1. The highest BCUT2D eigenvalue weighted by Gasteiger charge is 2.17. The van der Waals surface area contributed by atoms with Crippen LogP contribution in [0.15, 0.2) is 40.3 Å². The largest absolute Gasteiger partial charge is 0.310 e. The first-order valence-electron chi connectivity index (χ1n) is 6.74. The van der Waals surface area contributed by atoms with Crippen LogP contribution in [0.3, 0.4) is 0 Å². The van der Waals surface area contributed by atoms with E-state index in [1.165, 1.54) is 4.88 Å². The molecule has 21 heavy (non-hydrogen) atoms. The Bertz CT molecular complexity index is 569. The average Bonchev–Trinajstić information content (AvgIpc) is 2.95. The average molecular weight is 368 g/mol. The van der Waals surface area contributed by atoms with Crippen molar-refractivity contribution in [1.29, 1.82) is 0 Å². The molecule has 0 radical (unpaired) electrons. The molecular formula is C15H18BrN3OS. The number of halogens is 1. The summed E-state index contributed by atoms with van der Waals surface area (Å²) in [5, 5.41) is 8.15. The highest BCUT2D eigenvalue weighted by molar-refractivity contribution is 9.10. The number of nitrogens with zero attached hydrogens (tertiary/aromatic N) is 1. The molecule has 0 spiro atoms. The summed E-state index contributed by atoms with van der Waals surface area (Å²) in [6.07, 6.45) is 1.66. The highest BCUT2D eigenvalue weighted by Crippen LogP contribution is 2.25. The Balaban J connectivity index is 1.89. The van der Waals surface area contributed by atoms with Gasteiger partial charge in [0.25, 0.3) is 0 Å². The van der Waals surface area contributed by atoms with Crippen molar-refractivity contribution in [2.45, 2.75) is 19.9 Å². The fraction of sp³-hybridized carbons (Fsp3) is 0.333. The lowest BCUT2D eigenvalue weighted by Crippen LogP contribution is -2.33. The molecule has 0 saturated carbocycles. The van der Waals surface area contributed by atoms with Crippen LogP contribution in [0.5, 0.6) is 0 Å². The molecule has 1 amide bonds. The van der Waals surface area contributed by atoms with E-state index in [4.69, 9.17) is 0 Å². The number of aromatic nitrogens is 1. The maximum atomic E-state index is 12.0. The SMILES string of the molecule is CC(C)C(NCC(=O)Nc1ccc(Br)cn1)c1cccs1. The van der Waals surface area contributed by atoms with Gasteiger partial charge >= 0.3 is 0 Å². The van der Waals surface area contributed by atoms with E-state index in [1.54, 1.807) is 23.6 Å². The number of amides is 1. The maximum absolute atomic E-state index is 12.0. The van der Waals surface area contributed by atoms with E-state index in [0.29, 0.717) is 11.7 Å². The van der Waals surface area contributed by atoms with Crippen molar-refractivity contribution in [1.82, 2.24) is 10.3 Å². The summed E-state index contributed by atoms with van der Waals surface area (Å²) in [4.78, 5) is 17.3. The molecule has 1 atom stereocenters. The molecule has 2 rings (SSSR count). The minimum Gasteiger partial charge on any atom is -0.310 e. The molecule has 112 valence electrons. The van der Waals surface area contributed by atoms with Crippen molar-refractivity contribution >= 4 is 39.0 Å². The Morgan fingerprint density at radius 2 is 2.19 bits per heavy atom. The van der Waals surface area contributed by atoms with E-state index < -0.39 is 0 Å². The second kappa shape index (κ2) is 7.68. The molecule has 0 fully saturated rings. The Kier molecular flexibility index (Phi) is 5.90. The van der Waals surface area contributed by atoms with Gasteiger partial charge in [-0.2, -0.15) is 0 Å². The smallest absolute Gasteiger partial charge is 0.239 e. The van der Waals surface area contributed by atoms with Gasteiger partial charge in [-0.3, -0.25) is 4.79 Å². The van der Waals surface area contributed by atoms with Crippen LogP contribution in [0.2, 0.25) is 0 Å². The zero-order chi connectivity index (χ0) is 15.2. The third-order valence-electron chi connectivity index (χ3n) is 2.99. The molecule has 0 aliphatic heterocycles. The van der Waals surface area contributed by atoms with Gasteiger partial charge in [0, 0.05) is 21.6 Å². The monoisotopic (exact) mass is 367 g/mol. The first-order valence-corrected chi connectivity index (χ1v) is 8.41. The number of anilines is 1. The van der Waals surface area contributed by atoms with E-state index in [1.807, 2.05) is 12.1 Å². The standard InChI is InChI=1S/C15H18BrN3OS/c1-10(2)15(12-4-3-7-21-12)18-9-14(20)19-13-6-5-11(16)8-17-13/h3-8,10,15,18H,9H2,1-2H3,(H,17,19,20). The predicted octanol–water partition coefficient (Wildman–Crippen LogP) is 3.83. The second-order valence-corrected chi connectivity index (χ2v) is 6.92. The first-order chi connectivity index (χ1) is 10.1. The molecule has 2 aromatic heterocycles. The Morgan fingerprint density at radius 1 is 1.38 bits per heavy atom. The fourth-order valence-corrected chi connectivity index (χ4v) is 3.18. The zero-order valence-electron chi connectivity index (χ0n) is 12.0. The lowest BCUT2D eigenvalue weighted by Gasteiger charge is -2.21. The minimum atomic E-state index is -0.0907. The molecule has 2 aromatic rings. The van der Waals surface area contributed by atoms with Crippen LogP contribution in [0.1, 0.15) is 24.8 Å². The summed E-state index contributed by atoms with van der Waals surface area (Å²) in [5.74, 6) is 0.886. The van der Waals surface area contributed by atoms with E-state index in [0.717, 1.165) is 4.47 Å². The van der Waals surface area contributed by atoms with Gasteiger partial charge in [0.1, 0.15) is 5.82 Å². The summed E-state index contributed by atoms with van der Waals surface area (Å²) < 4.78 is 0.885. The molecule has 6 heteroatoms. The number of hydrogen-bond acceptors (Lipinski definition) is 4. The lowest BCUT2D eigenvalue weighted by molar-refractivity contribution is -0.115. The van der Waals surface area contributed by atoms with Gasteiger partial charge in [-0.25, -0.2) is 4.98 Å². The Hall–Kier alpha value is -1.24. The summed E-state index contributed by atoms with van der Waals surface area (Å²) in [5.41, 5.74) is 0. The number of thiophene rings is 1. The summed E-state index contributed by atoms with van der Waals surface area (Å²) >= 11 is 5.02. The normalized spacial score (nSPS) is 12.4. The van der Waals surface area contributed by atoms with Crippen molar-refractivity contribution in [2.24, 2.45) is 5.92 Å². The molecule has 0 bridgehead atoms. The summed E-state index contributed by atoms with van der Waals surface area (Å²) in [6, 6.07) is 7.92. The molecule has 1 unspecified atom stereocenters. The number of nitrogens with one attached hydrogen (secondary N) is 2. The van der Waals surface area contributed by atoms with E-state index in [9.17, 15) is 4.79 Å². The van der Waals surface area contributed by atoms with Crippen molar-refractivity contribution in [2.75, 3.05) is 11.9 Å². The van der Waals surface area contributed by atoms with Crippen LogP contribution < -0.4 is 10.6 Å². The van der Waals surface area contributed by atoms with E-state index in [2.05, 4.69) is 56.8 Å². The molecule has 4 nitrogen and oxygen atoms in total. The topological polar surface area (TPSA) is 54.0 Å². The Morgan fingerprint density at radius 3 is 2.76 bits per heavy atom. The Labute approximate surface area is 137 Å². The van der Waals surface area contributed by atoms with Gasteiger partial charge in [-0.15, -0.1) is 11.3 Å². The van der Waals surface area contributed by atoms with Crippen LogP contribution in [-0.2, 0) is 4.79 Å². The van der Waals surface area contributed by atoms with Gasteiger partial charge < -0.3 is 10.6 Å². The second-order valence-electron chi connectivity index (χ2n) is 5.03. The third-order valence-corrected chi connectivity index (χ3v) is 4.42. The van der Waals surface area contributed by atoms with Crippen molar-refractivity contribution in [3.05, 3.63) is 45.2 Å². The molecular weight excluding hydrogens is 350 g/mol. The fourth-order valence-electron chi connectivity index (χ4n) is 1.97. The summed E-state index contributed by atoms with van der Waals surface area (Å²) in [7, 11) is 0. The molecule has 0 aromatic carbocycles. The number of carbonyl (C=O) groups excluding carboxylic acids is 1. The van der Waals surface area contributed by atoms with E-state index in [-0.39, 0.29) is 18.5 Å². The van der Waals surface area contributed by atoms with Crippen molar-refractivity contribution in [3.63, 3.8) is 0 Å². The number of rotatable bonds is 6. The number of hydrogen-bond donors (Lipinski definition) is 2. The molecule has 2 heterocycles. The predicted molar refractivity (Wildman–Crippen MR) is 90.5 cm³/mol. The van der Waals surface area contributed by atoms with Crippen molar-refractivity contribution in [3.8, 4) is 0 Å². The maximum Gasteiger partial charge on any atom is 0.239 e. The van der Waals surface area contributed by atoms with Crippen LogP contribution >= 0.6 is 27.3 Å². The van der Waals surface area contributed by atoms with Crippen LogP contribution in [-0.4, -0.2) is 17.4 Å². The molecule has 0 aliphatic carbocycles. The van der Waals surface area contributed by atoms with E-state index >= 15 is 0 Å². The molecule has 0 aliphatic rings. The number of pyridine rings is 1. The lowest BCUT2D eigenvalue weighted by atomic mass is 10.0. The van der Waals surface area contributed by atoms with Gasteiger partial charge in [0.2, 0.25) is 5.91 Å². The van der Waals surface area contributed by atoms with Gasteiger partial charge in [0.15, 0.2) is 0 Å². The van der Waals surface area contributed by atoms with Crippen LogP contribution in [0.4, 0.5) is 5.82 Å². The third kappa shape index (κ3) is 4.91. The minimum absolute atomic E-state index is 0.0907.